The second-order valence-electron chi connectivity index (χ2n) is 3.70. The minimum atomic E-state index is -0.382. The summed E-state index contributed by atoms with van der Waals surface area (Å²) in [5.74, 6) is -0.380. The number of hydrogen-bond donors (Lipinski definition) is 2. The summed E-state index contributed by atoms with van der Waals surface area (Å²) in [7, 11) is 0. The molecule has 0 radical (unpaired) electrons. The number of rotatable bonds is 3. The van der Waals surface area contributed by atoms with Crippen LogP contribution in [-0.4, -0.2) is 35.5 Å². The van der Waals surface area contributed by atoms with Crippen molar-refractivity contribution in [2.24, 2.45) is 0 Å². The van der Waals surface area contributed by atoms with Crippen molar-refractivity contribution in [2.75, 3.05) is 18.9 Å². The molecular weight excluding hydrogens is 212 g/mol. The van der Waals surface area contributed by atoms with E-state index in [1.807, 2.05) is 0 Å². The fourth-order valence-corrected chi connectivity index (χ4v) is 1.61. The monoisotopic (exact) mass is 226 g/mol. The highest BCUT2D eigenvalue weighted by Gasteiger charge is 2.19. The molecule has 16 heavy (non-hydrogen) atoms. The number of ether oxygens (including phenoxy) is 1. The van der Waals surface area contributed by atoms with E-state index in [4.69, 9.17) is 10.5 Å². The van der Waals surface area contributed by atoms with E-state index in [1.165, 1.54) is 0 Å². The second-order valence-corrected chi connectivity index (χ2v) is 3.70. The van der Waals surface area contributed by atoms with Crippen molar-refractivity contribution < 1.29 is 14.2 Å². The third-order valence-electron chi connectivity index (χ3n) is 2.49. The standard InChI is InChI=1S/C9H14N4O3/c10-8-7(12-16-13-8)9(14)11-5-6-3-1-2-4-15-6/h6H,1-5H2,(H2,10,13)(H,11,14). The molecule has 7 heteroatoms. The quantitative estimate of drug-likeness (QED) is 0.749. The summed E-state index contributed by atoms with van der Waals surface area (Å²) in [6.07, 6.45) is 3.27. The predicted molar refractivity (Wildman–Crippen MR) is 54.6 cm³/mol. The summed E-state index contributed by atoms with van der Waals surface area (Å²) in [4.78, 5) is 11.6. The lowest BCUT2D eigenvalue weighted by atomic mass is 10.1. The van der Waals surface area contributed by atoms with Crippen molar-refractivity contribution in [1.29, 1.82) is 0 Å². The van der Waals surface area contributed by atoms with E-state index in [-0.39, 0.29) is 23.5 Å². The Morgan fingerprint density at radius 1 is 1.50 bits per heavy atom. The molecule has 0 aliphatic carbocycles. The highest BCUT2D eigenvalue weighted by atomic mass is 16.6. The summed E-state index contributed by atoms with van der Waals surface area (Å²) in [6.45, 7) is 1.22. The largest absolute Gasteiger partial charge is 0.379 e. The first kappa shape index (κ1) is 10.9. The van der Waals surface area contributed by atoms with Gasteiger partial charge in [0.2, 0.25) is 11.5 Å². The van der Waals surface area contributed by atoms with Crippen molar-refractivity contribution in [1.82, 2.24) is 15.6 Å². The van der Waals surface area contributed by atoms with Gasteiger partial charge in [-0.15, -0.1) is 0 Å². The smallest absolute Gasteiger partial charge is 0.277 e. The lowest BCUT2D eigenvalue weighted by Crippen LogP contribution is -2.35. The number of nitrogens with one attached hydrogen (secondary N) is 1. The zero-order chi connectivity index (χ0) is 11.4. The van der Waals surface area contributed by atoms with Gasteiger partial charge in [-0.2, -0.15) is 0 Å². The fraction of sp³-hybridized carbons (Fsp3) is 0.667. The SMILES string of the molecule is Nc1nonc1C(=O)NCC1CCCCO1. The van der Waals surface area contributed by atoms with Gasteiger partial charge in [-0.3, -0.25) is 4.79 Å². The molecule has 0 bridgehead atoms. The molecule has 1 fully saturated rings. The predicted octanol–water partition coefficient (Wildman–Crippen LogP) is -0.0493. The van der Waals surface area contributed by atoms with Gasteiger partial charge >= 0.3 is 0 Å². The van der Waals surface area contributed by atoms with Crippen molar-refractivity contribution in [3.05, 3.63) is 5.69 Å². The summed E-state index contributed by atoms with van der Waals surface area (Å²) >= 11 is 0. The van der Waals surface area contributed by atoms with Crippen molar-refractivity contribution in [3.63, 3.8) is 0 Å². The van der Waals surface area contributed by atoms with E-state index >= 15 is 0 Å². The average Bonchev–Trinajstić information content (AvgIpc) is 2.74. The molecule has 1 atom stereocenters. The Morgan fingerprint density at radius 3 is 3.00 bits per heavy atom. The number of hydrogen-bond acceptors (Lipinski definition) is 6. The van der Waals surface area contributed by atoms with Gasteiger partial charge < -0.3 is 15.8 Å². The maximum absolute atomic E-state index is 11.6. The zero-order valence-corrected chi connectivity index (χ0v) is 8.81. The molecule has 2 rings (SSSR count). The lowest BCUT2D eigenvalue weighted by Gasteiger charge is -2.22. The van der Waals surface area contributed by atoms with Crippen LogP contribution in [0.15, 0.2) is 4.63 Å². The van der Waals surface area contributed by atoms with Crippen LogP contribution in [-0.2, 0) is 4.74 Å². The molecule has 1 unspecified atom stereocenters. The van der Waals surface area contributed by atoms with Crippen LogP contribution in [0.1, 0.15) is 29.8 Å². The number of anilines is 1. The number of aromatic nitrogens is 2. The van der Waals surface area contributed by atoms with Crippen LogP contribution in [0.3, 0.4) is 0 Å². The van der Waals surface area contributed by atoms with Crippen LogP contribution in [0.25, 0.3) is 0 Å². The molecule has 1 aromatic rings. The van der Waals surface area contributed by atoms with Gasteiger partial charge in [0, 0.05) is 13.2 Å². The van der Waals surface area contributed by atoms with E-state index in [0.717, 1.165) is 25.9 Å². The molecule has 0 saturated carbocycles. The summed E-state index contributed by atoms with van der Waals surface area (Å²) in [5, 5.41) is 9.44. The molecule has 3 N–H and O–H groups in total. The van der Waals surface area contributed by atoms with Gasteiger partial charge in [0.1, 0.15) is 0 Å². The van der Waals surface area contributed by atoms with Crippen LogP contribution in [0.2, 0.25) is 0 Å². The molecule has 7 nitrogen and oxygen atoms in total. The number of amides is 1. The molecule has 1 aromatic heterocycles. The Morgan fingerprint density at radius 2 is 2.38 bits per heavy atom. The normalized spacial score (nSPS) is 20.6. The first-order valence-electron chi connectivity index (χ1n) is 5.25. The zero-order valence-electron chi connectivity index (χ0n) is 8.81. The fourth-order valence-electron chi connectivity index (χ4n) is 1.61. The molecule has 1 aliphatic rings. The molecule has 1 saturated heterocycles. The average molecular weight is 226 g/mol. The second kappa shape index (κ2) is 4.93. The summed E-state index contributed by atoms with van der Waals surface area (Å²) in [6, 6.07) is 0. The topological polar surface area (TPSA) is 103 Å². The van der Waals surface area contributed by atoms with Gasteiger partial charge in [-0.05, 0) is 29.6 Å². The maximum atomic E-state index is 11.6. The number of nitrogens with zero attached hydrogens (tertiary/aromatic N) is 2. The summed E-state index contributed by atoms with van der Waals surface area (Å²) in [5.41, 5.74) is 5.41. The first-order valence-corrected chi connectivity index (χ1v) is 5.25. The van der Waals surface area contributed by atoms with Gasteiger partial charge in [-0.1, -0.05) is 0 Å². The molecule has 1 amide bonds. The van der Waals surface area contributed by atoms with Gasteiger partial charge in [0.25, 0.3) is 5.91 Å². The van der Waals surface area contributed by atoms with Crippen molar-refractivity contribution in [3.8, 4) is 0 Å². The van der Waals surface area contributed by atoms with Gasteiger partial charge in [-0.25, -0.2) is 4.63 Å². The van der Waals surface area contributed by atoms with Gasteiger partial charge in [0.15, 0.2) is 0 Å². The van der Waals surface area contributed by atoms with Crippen LogP contribution in [0.4, 0.5) is 5.82 Å². The Balaban J connectivity index is 1.81. The van der Waals surface area contributed by atoms with E-state index in [2.05, 4.69) is 20.3 Å². The van der Waals surface area contributed by atoms with Crippen LogP contribution < -0.4 is 11.1 Å². The van der Waals surface area contributed by atoms with E-state index in [0.29, 0.717) is 6.54 Å². The highest BCUT2D eigenvalue weighted by molar-refractivity contribution is 5.95. The number of nitrogen functional groups attached to an aromatic ring is 1. The van der Waals surface area contributed by atoms with E-state index < -0.39 is 0 Å². The lowest BCUT2D eigenvalue weighted by molar-refractivity contribution is 0.0168. The van der Waals surface area contributed by atoms with Crippen LogP contribution >= 0.6 is 0 Å². The summed E-state index contributed by atoms with van der Waals surface area (Å²) < 4.78 is 9.81. The minimum Gasteiger partial charge on any atom is -0.379 e. The molecular formula is C9H14N4O3. The van der Waals surface area contributed by atoms with Crippen molar-refractivity contribution in [2.45, 2.75) is 25.4 Å². The highest BCUT2D eigenvalue weighted by Crippen LogP contribution is 2.12. The molecule has 0 spiro atoms. The van der Waals surface area contributed by atoms with Gasteiger partial charge in [0.05, 0.1) is 6.10 Å². The van der Waals surface area contributed by atoms with Crippen molar-refractivity contribution >= 4 is 11.7 Å². The molecule has 88 valence electrons. The van der Waals surface area contributed by atoms with Crippen LogP contribution in [0.5, 0.6) is 0 Å². The number of nitrogens with two attached hydrogens (primary N) is 1. The Bertz CT molecular complexity index is 359. The number of carbonyl (C=O) groups excluding carboxylic acids is 1. The Labute approximate surface area is 92.3 Å². The Kier molecular flexibility index (Phi) is 3.35. The third-order valence-corrected chi connectivity index (χ3v) is 2.49. The maximum Gasteiger partial charge on any atom is 0.277 e. The molecule has 1 aliphatic heterocycles. The van der Waals surface area contributed by atoms with E-state index in [9.17, 15) is 4.79 Å². The number of carbonyl (C=O) groups is 1. The molecule has 2 heterocycles. The third kappa shape index (κ3) is 2.48. The molecule has 0 aromatic carbocycles. The van der Waals surface area contributed by atoms with E-state index in [1.54, 1.807) is 0 Å². The van der Waals surface area contributed by atoms with Crippen LogP contribution in [0, 0.1) is 0 Å². The first-order chi connectivity index (χ1) is 7.77. The minimum absolute atomic E-state index is 0.00191. The Hall–Kier alpha value is -1.63.